The van der Waals surface area contributed by atoms with E-state index in [4.69, 9.17) is 5.73 Å². The molecule has 20 heavy (non-hydrogen) atoms. The molecule has 7 heteroatoms. The van der Waals surface area contributed by atoms with E-state index in [1.54, 1.807) is 0 Å². The molecule has 0 saturated heterocycles. The van der Waals surface area contributed by atoms with Gasteiger partial charge in [0.25, 0.3) is 10.0 Å². The Morgan fingerprint density at radius 2 is 1.85 bits per heavy atom. The van der Waals surface area contributed by atoms with E-state index in [1.165, 1.54) is 43.4 Å². The number of halogens is 1. The van der Waals surface area contributed by atoms with Crippen LogP contribution in [0.4, 0.5) is 15.8 Å². The average Bonchev–Trinajstić information content (AvgIpc) is 2.40. The number of phenolic OH excluding ortho intramolecular Hbond substituents is 1. The Balaban J connectivity index is 2.52. The zero-order valence-corrected chi connectivity index (χ0v) is 11.4. The average molecular weight is 296 g/mol. The van der Waals surface area contributed by atoms with Crippen molar-refractivity contribution in [3.63, 3.8) is 0 Å². The summed E-state index contributed by atoms with van der Waals surface area (Å²) < 4.78 is 39.1. The number of rotatable bonds is 3. The number of sulfonamides is 1. The van der Waals surface area contributed by atoms with E-state index in [0.717, 1.165) is 10.4 Å². The molecule has 0 fully saturated rings. The lowest BCUT2D eigenvalue weighted by Crippen LogP contribution is -2.27. The van der Waals surface area contributed by atoms with Crippen LogP contribution in [0.2, 0.25) is 0 Å². The van der Waals surface area contributed by atoms with E-state index < -0.39 is 21.5 Å². The second-order valence-electron chi connectivity index (χ2n) is 4.14. The van der Waals surface area contributed by atoms with E-state index in [9.17, 15) is 17.9 Å². The second kappa shape index (κ2) is 5.01. The van der Waals surface area contributed by atoms with Crippen LogP contribution in [0, 0.1) is 5.82 Å². The lowest BCUT2D eigenvalue weighted by Gasteiger charge is -2.20. The summed E-state index contributed by atoms with van der Waals surface area (Å²) in [7, 11) is -2.70. The maximum Gasteiger partial charge on any atom is 0.266 e. The summed E-state index contributed by atoms with van der Waals surface area (Å²) in [6, 6.07) is 9.30. The van der Waals surface area contributed by atoms with E-state index in [0.29, 0.717) is 0 Å². The SMILES string of the molecule is CN(c1cccc(O)c1)S(=O)(=O)c1cccc(F)c1N. The van der Waals surface area contributed by atoms with Gasteiger partial charge in [0.15, 0.2) is 0 Å². The summed E-state index contributed by atoms with van der Waals surface area (Å²) in [5.41, 5.74) is 5.30. The van der Waals surface area contributed by atoms with Crippen molar-refractivity contribution in [3.8, 4) is 5.75 Å². The van der Waals surface area contributed by atoms with Crippen molar-refractivity contribution >= 4 is 21.4 Å². The summed E-state index contributed by atoms with van der Waals surface area (Å²) in [6.07, 6.45) is 0. The van der Waals surface area contributed by atoms with Crippen LogP contribution >= 0.6 is 0 Å². The molecule has 0 bridgehead atoms. The zero-order chi connectivity index (χ0) is 14.9. The highest BCUT2D eigenvalue weighted by Gasteiger charge is 2.25. The Morgan fingerprint density at radius 1 is 1.20 bits per heavy atom. The third-order valence-electron chi connectivity index (χ3n) is 2.84. The van der Waals surface area contributed by atoms with Crippen LogP contribution < -0.4 is 10.0 Å². The number of phenols is 1. The van der Waals surface area contributed by atoms with Crippen molar-refractivity contribution in [2.45, 2.75) is 4.90 Å². The molecule has 0 aromatic heterocycles. The van der Waals surface area contributed by atoms with Crippen LogP contribution in [0.3, 0.4) is 0 Å². The molecule has 0 saturated carbocycles. The fraction of sp³-hybridized carbons (Fsp3) is 0.0769. The molecule has 0 aliphatic carbocycles. The van der Waals surface area contributed by atoms with Crippen molar-refractivity contribution in [1.29, 1.82) is 0 Å². The lowest BCUT2D eigenvalue weighted by atomic mass is 10.3. The van der Waals surface area contributed by atoms with Gasteiger partial charge >= 0.3 is 0 Å². The fourth-order valence-corrected chi connectivity index (χ4v) is 3.03. The molecule has 5 nitrogen and oxygen atoms in total. The number of nitrogens with two attached hydrogens (primary N) is 1. The molecule has 0 heterocycles. The molecule has 0 spiro atoms. The van der Waals surface area contributed by atoms with E-state index in [-0.39, 0.29) is 16.3 Å². The van der Waals surface area contributed by atoms with Crippen molar-refractivity contribution in [3.05, 3.63) is 48.3 Å². The van der Waals surface area contributed by atoms with Crippen LogP contribution in [0.5, 0.6) is 5.75 Å². The van der Waals surface area contributed by atoms with Gasteiger partial charge in [-0.1, -0.05) is 12.1 Å². The Kier molecular flexibility index (Phi) is 3.54. The second-order valence-corrected chi connectivity index (χ2v) is 6.08. The maximum atomic E-state index is 13.4. The Bertz CT molecular complexity index is 747. The van der Waals surface area contributed by atoms with Gasteiger partial charge in [0.2, 0.25) is 0 Å². The number of anilines is 2. The molecule has 0 atom stereocenters. The normalized spacial score (nSPS) is 11.3. The lowest BCUT2D eigenvalue weighted by molar-refractivity contribution is 0.475. The van der Waals surface area contributed by atoms with Crippen LogP contribution in [0.1, 0.15) is 0 Å². The Morgan fingerprint density at radius 3 is 2.50 bits per heavy atom. The molecule has 106 valence electrons. The predicted octanol–water partition coefficient (Wildman–Crippen LogP) is 1.94. The molecule has 0 aliphatic rings. The third-order valence-corrected chi connectivity index (χ3v) is 4.69. The van der Waals surface area contributed by atoms with Gasteiger partial charge in [-0.3, -0.25) is 4.31 Å². The summed E-state index contributed by atoms with van der Waals surface area (Å²) in [6.45, 7) is 0. The number of aromatic hydroxyl groups is 1. The largest absolute Gasteiger partial charge is 0.508 e. The van der Waals surface area contributed by atoms with Crippen LogP contribution in [-0.2, 0) is 10.0 Å². The smallest absolute Gasteiger partial charge is 0.266 e. The van der Waals surface area contributed by atoms with Crippen molar-refractivity contribution < 1.29 is 17.9 Å². The van der Waals surface area contributed by atoms with Crippen LogP contribution in [0.25, 0.3) is 0 Å². The highest BCUT2D eigenvalue weighted by atomic mass is 32.2. The molecule has 0 amide bonds. The third kappa shape index (κ3) is 2.39. The molecule has 3 N–H and O–H groups in total. The first-order valence-electron chi connectivity index (χ1n) is 5.66. The highest BCUT2D eigenvalue weighted by molar-refractivity contribution is 7.93. The molecule has 0 radical (unpaired) electrons. The molecular formula is C13H13FN2O3S. The van der Waals surface area contributed by atoms with E-state index in [2.05, 4.69) is 0 Å². The first-order valence-corrected chi connectivity index (χ1v) is 7.10. The first-order chi connectivity index (χ1) is 9.34. The number of hydrogen-bond donors (Lipinski definition) is 2. The maximum absolute atomic E-state index is 13.4. The molecule has 2 rings (SSSR count). The molecule has 2 aromatic rings. The number of nitrogens with zero attached hydrogens (tertiary/aromatic N) is 1. The van der Waals surface area contributed by atoms with Gasteiger partial charge in [-0.15, -0.1) is 0 Å². The fourth-order valence-electron chi connectivity index (χ4n) is 1.72. The van der Waals surface area contributed by atoms with Gasteiger partial charge in [-0.25, -0.2) is 12.8 Å². The molecule has 2 aromatic carbocycles. The molecule has 0 unspecified atom stereocenters. The highest BCUT2D eigenvalue weighted by Crippen LogP contribution is 2.28. The zero-order valence-electron chi connectivity index (χ0n) is 10.6. The standard InChI is InChI=1S/C13H13FN2O3S/c1-16(9-4-2-5-10(17)8-9)20(18,19)12-7-3-6-11(14)13(12)15/h2-8,17H,15H2,1H3. The van der Waals surface area contributed by atoms with Gasteiger partial charge in [0.1, 0.15) is 16.5 Å². The van der Waals surface area contributed by atoms with E-state index >= 15 is 0 Å². The summed E-state index contributed by atoms with van der Waals surface area (Å²) >= 11 is 0. The van der Waals surface area contributed by atoms with Crippen molar-refractivity contribution in [2.24, 2.45) is 0 Å². The number of para-hydroxylation sites is 1. The van der Waals surface area contributed by atoms with Crippen molar-refractivity contribution in [2.75, 3.05) is 17.1 Å². The summed E-state index contributed by atoms with van der Waals surface area (Å²) in [4.78, 5) is -0.316. The first kappa shape index (κ1) is 14.1. The summed E-state index contributed by atoms with van der Waals surface area (Å²) in [5.74, 6) is -0.868. The number of hydrogen-bond acceptors (Lipinski definition) is 4. The number of nitrogen functional groups attached to an aromatic ring is 1. The summed E-state index contributed by atoms with van der Waals surface area (Å²) in [5, 5.41) is 9.39. The van der Waals surface area contributed by atoms with Gasteiger partial charge in [0.05, 0.1) is 11.4 Å². The quantitative estimate of drug-likeness (QED) is 0.848. The number of benzene rings is 2. The monoisotopic (exact) mass is 296 g/mol. The van der Waals surface area contributed by atoms with Gasteiger partial charge in [0, 0.05) is 13.1 Å². The predicted molar refractivity (Wildman–Crippen MR) is 74.5 cm³/mol. The molecule has 0 aliphatic heterocycles. The Labute approximate surface area is 116 Å². The molecular weight excluding hydrogens is 283 g/mol. The van der Waals surface area contributed by atoms with Crippen LogP contribution in [-0.4, -0.2) is 20.6 Å². The van der Waals surface area contributed by atoms with Crippen molar-refractivity contribution in [1.82, 2.24) is 0 Å². The minimum Gasteiger partial charge on any atom is -0.508 e. The minimum atomic E-state index is -4.00. The Hall–Kier alpha value is -2.28. The minimum absolute atomic E-state index is 0.0724. The van der Waals surface area contributed by atoms with Gasteiger partial charge in [-0.2, -0.15) is 0 Å². The van der Waals surface area contributed by atoms with Gasteiger partial charge < -0.3 is 10.8 Å². The van der Waals surface area contributed by atoms with Crippen LogP contribution in [0.15, 0.2) is 47.4 Å². The van der Waals surface area contributed by atoms with Gasteiger partial charge in [-0.05, 0) is 24.3 Å². The van der Waals surface area contributed by atoms with E-state index in [1.807, 2.05) is 0 Å². The topological polar surface area (TPSA) is 83.6 Å².